The molecule has 2 aliphatic rings. The van der Waals surface area contributed by atoms with Crippen LogP contribution in [0.4, 0.5) is 5.82 Å². The second-order valence-corrected chi connectivity index (χ2v) is 11.3. The van der Waals surface area contributed by atoms with E-state index in [4.69, 9.17) is 21.5 Å². The predicted molar refractivity (Wildman–Crippen MR) is 127 cm³/mol. The van der Waals surface area contributed by atoms with Crippen molar-refractivity contribution < 1.29 is 17.9 Å². The molecular formula is C23H29ClN4O4S. The van der Waals surface area contributed by atoms with Gasteiger partial charge in [0.2, 0.25) is 10.0 Å². The molecule has 178 valence electrons. The van der Waals surface area contributed by atoms with Crippen LogP contribution in [0.2, 0.25) is 5.02 Å². The number of benzene rings is 1. The van der Waals surface area contributed by atoms with Gasteiger partial charge in [0.1, 0.15) is 16.5 Å². The van der Waals surface area contributed by atoms with E-state index in [2.05, 4.69) is 15.2 Å². The standard InChI is InChI=1S/C23H29ClN4O4S/c1-14-4-8-20(19(24)10-14)32-23(2,3)22(29)27-15-11-16-5-6-17(12-15)28(16)21-9-7-18(13-26-21)33(25,30)31/h4,7-10,13,15-17H,5-6,11-12H2,1-3H3,(H,27,29)(H2,25,30,31)/t15-,16+,17-. The summed E-state index contributed by atoms with van der Waals surface area (Å²) in [6.07, 6.45) is 4.85. The smallest absolute Gasteiger partial charge is 0.263 e. The molecule has 2 aromatic rings. The van der Waals surface area contributed by atoms with Crippen molar-refractivity contribution >= 4 is 33.3 Å². The zero-order valence-electron chi connectivity index (χ0n) is 18.9. The maximum absolute atomic E-state index is 13.1. The van der Waals surface area contributed by atoms with Gasteiger partial charge in [-0.25, -0.2) is 18.5 Å². The average molecular weight is 493 g/mol. The third-order valence-electron chi connectivity index (χ3n) is 6.38. The van der Waals surface area contributed by atoms with Gasteiger partial charge in [-0.05, 0) is 76.3 Å². The van der Waals surface area contributed by atoms with Crippen molar-refractivity contribution in [3.05, 3.63) is 47.1 Å². The van der Waals surface area contributed by atoms with Crippen molar-refractivity contribution in [1.82, 2.24) is 10.3 Å². The van der Waals surface area contributed by atoms with E-state index in [0.717, 1.165) is 37.1 Å². The lowest BCUT2D eigenvalue weighted by molar-refractivity contribution is -0.135. The quantitative estimate of drug-likeness (QED) is 0.640. The molecule has 1 amide bonds. The number of hydrogen-bond acceptors (Lipinski definition) is 6. The number of nitrogens with zero attached hydrogens (tertiary/aromatic N) is 2. The van der Waals surface area contributed by atoms with Crippen molar-refractivity contribution in [3.8, 4) is 5.75 Å². The minimum atomic E-state index is -3.77. The first kappa shape index (κ1) is 23.8. The molecule has 0 unspecified atom stereocenters. The van der Waals surface area contributed by atoms with Crippen molar-refractivity contribution in [2.45, 2.75) is 75.1 Å². The number of anilines is 1. The highest BCUT2D eigenvalue weighted by Crippen LogP contribution is 2.39. The van der Waals surface area contributed by atoms with Gasteiger partial charge in [0.05, 0.1) is 5.02 Å². The number of nitrogens with one attached hydrogen (secondary N) is 1. The van der Waals surface area contributed by atoms with Crippen LogP contribution < -0.4 is 20.1 Å². The number of rotatable bonds is 6. The van der Waals surface area contributed by atoms with Crippen LogP contribution in [0.3, 0.4) is 0 Å². The lowest BCUT2D eigenvalue weighted by atomic mass is 9.96. The van der Waals surface area contributed by atoms with E-state index in [9.17, 15) is 13.2 Å². The van der Waals surface area contributed by atoms with Crippen molar-refractivity contribution in [1.29, 1.82) is 0 Å². The summed E-state index contributed by atoms with van der Waals surface area (Å²) >= 11 is 6.28. The van der Waals surface area contributed by atoms with E-state index in [-0.39, 0.29) is 28.9 Å². The normalized spacial score (nSPS) is 22.8. The highest BCUT2D eigenvalue weighted by molar-refractivity contribution is 7.89. The number of aromatic nitrogens is 1. The summed E-state index contributed by atoms with van der Waals surface area (Å²) in [6.45, 7) is 5.41. The van der Waals surface area contributed by atoms with Gasteiger partial charge >= 0.3 is 0 Å². The number of primary sulfonamides is 1. The predicted octanol–water partition coefficient (Wildman–Crippen LogP) is 3.16. The molecule has 2 bridgehead atoms. The Hall–Kier alpha value is -2.36. The fraction of sp³-hybridized carbons (Fsp3) is 0.478. The van der Waals surface area contributed by atoms with E-state index in [1.165, 1.54) is 12.3 Å². The Morgan fingerprint density at radius 2 is 1.88 bits per heavy atom. The maximum atomic E-state index is 13.1. The van der Waals surface area contributed by atoms with E-state index in [0.29, 0.717) is 10.8 Å². The zero-order chi connectivity index (χ0) is 24.0. The number of carbonyl (C=O) groups excluding carboxylic acids is 1. The summed E-state index contributed by atoms with van der Waals surface area (Å²) in [5.74, 6) is 1.02. The first-order chi connectivity index (χ1) is 15.4. The molecule has 2 fully saturated rings. The second-order valence-electron chi connectivity index (χ2n) is 9.38. The monoisotopic (exact) mass is 492 g/mol. The number of halogens is 1. The van der Waals surface area contributed by atoms with Crippen LogP contribution in [0.15, 0.2) is 41.4 Å². The van der Waals surface area contributed by atoms with Gasteiger partial charge in [0, 0.05) is 24.3 Å². The van der Waals surface area contributed by atoms with E-state index in [1.54, 1.807) is 26.0 Å². The van der Waals surface area contributed by atoms with Gasteiger partial charge in [0.25, 0.3) is 5.91 Å². The molecule has 3 N–H and O–H groups in total. The summed E-state index contributed by atoms with van der Waals surface area (Å²) < 4.78 is 29.0. The SMILES string of the molecule is Cc1ccc(OC(C)(C)C(=O)N[C@H]2C[C@H]3CC[C@@H](C2)N3c2ccc(S(N)(=O)=O)cn2)c(Cl)c1. The number of aryl methyl sites for hydroxylation is 1. The largest absolute Gasteiger partial charge is 0.476 e. The van der Waals surface area contributed by atoms with E-state index in [1.807, 2.05) is 19.1 Å². The molecule has 0 spiro atoms. The molecular weight excluding hydrogens is 464 g/mol. The van der Waals surface area contributed by atoms with Crippen LogP contribution >= 0.6 is 11.6 Å². The molecule has 0 radical (unpaired) electrons. The zero-order valence-corrected chi connectivity index (χ0v) is 20.5. The number of carbonyl (C=O) groups is 1. The maximum Gasteiger partial charge on any atom is 0.263 e. The summed E-state index contributed by atoms with van der Waals surface area (Å²) in [7, 11) is -3.77. The third-order valence-corrected chi connectivity index (χ3v) is 7.58. The third kappa shape index (κ3) is 5.10. The summed E-state index contributed by atoms with van der Waals surface area (Å²) in [4.78, 5) is 19.6. The molecule has 0 aliphatic carbocycles. The number of hydrogen-bond donors (Lipinski definition) is 2. The highest BCUT2D eigenvalue weighted by Gasteiger charge is 2.43. The van der Waals surface area contributed by atoms with Crippen LogP contribution in [0.1, 0.15) is 45.1 Å². The van der Waals surface area contributed by atoms with Crippen molar-refractivity contribution in [3.63, 3.8) is 0 Å². The molecule has 3 heterocycles. The summed E-state index contributed by atoms with van der Waals surface area (Å²) in [5, 5.41) is 8.81. The van der Waals surface area contributed by atoms with Gasteiger partial charge in [-0.1, -0.05) is 17.7 Å². The second kappa shape index (κ2) is 8.77. The first-order valence-electron chi connectivity index (χ1n) is 11.0. The van der Waals surface area contributed by atoms with Crippen LogP contribution in [0, 0.1) is 6.92 Å². The van der Waals surface area contributed by atoms with Crippen LogP contribution in [0.25, 0.3) is 0 Å². The number of sulfonamides is 1. The van der Waals surface area contributed by atoms with Gasteiger partial charge in [-0.3, -0.25) is 4.79 Å². The number of fused-ring (bicyclic) bond motifs is 2. The van der Waals surface area contributed by atoms with E-state index >= 15 is 0 Å². The minimum absolute atomic E-state index is 0.00309. The summed E-state index contributed by atoms with van der Waals surface area (Å²) in [5.41, 5.74) is -0.0641. The first-order valence-corrected chi connectivity index (χ1v) is 12.9. The number of pyridine rings is 1. The number of amides is 1. The number of ether oxygens (including phenoxy) is 1. The Kier molecular flexibility index (Phi) is 6.32. The average Bonchev–Trinajstić information content (AvgIpc) is 3.00. The molecule has 8 nitrogen and oxygen atoms in total. The lowest BCUT2D eigenvalue weighted by Crippen LogP contribution is -2.55. The van der Waals surface area contributed by atoms with Crippen LogP contribution in [0.5, 0.6) is 5.75 Å². The number of nitrogens with two attached hydrogens (primary N) is 1. The van der Waals surface area contributed by atoms with Gasteiger partial charge < -0.3 is 15.0 Å². The molecule has 33 heavy (non-hydrogen) atoms. The van der Waals surface area contributed by atoms with Crippen LogP contribution in [-0.2, 0) is 14.8 Å². The van der Waals surface area contributed by atoms with Gasteiger partial charge in [0.15, 0.2) is 5.60 Å². The lowest BCUT2D eigenvalue weighted by Gasteiger charge is -2.40. The Balaban J connectivity index is 1.41. The van der Waals surface area contributed by atoms with Crippen molar-refractivity contribution in [2.75, 3.05) is 4.90 Å². The fourth-order valence-corrected chi connectivity index (χ4v) is 5.46. The highest BCUT2D eigenvalue weighted by atomic mass is 35.5. The molecule has 2 saturated heterocycles. The Morgan fingerprint density at radius 3 is 2.42 bits per heavy atom. The van der Waals surface area contributed by atoms with Gasteiger partial charge in [-0.15, -0.1) is 0 Å². The molecule has 4 rings (SSSR count). The Bertz CT molecular complexity index is 1140. The summed E-state index contributed by atoms with van der Waals surface area (Å²) in [6, 6.07) is 9.13. The molecule has 2 aliphatic heterocycles. The van der Waals surface area contributed by atoms with Crippen molar-refractivity contribution in [2.24, 2.45) is 5.14 Å². The molecule has 1 aromatic carbocycles. The molecule has 10 heteroatoms. The Morgan fingerprint density at radius 1 is 1.21 bits per heavy atom. The molecule has 3 atom stereocenters. The molecule has 0 saturated carbocycles. The van der Waals surface area contributed by atoms with E-state index < -0.39 is 15.6 Å². The van der Waals surface area contributed by atoms with Crippen LogP contribution in [-0.4, -0.2) is 43.0 Å². The molecule has 1 aromatic heterocycles. The van der Waals surface area contributed by atoms with Gasteiger partial charge in [-0.2, -0.15) is 0 Å². The number of piperidine rings is 1. The Labute approximate surface area is 199 Å². The fourth-order valence-electron chi connectivity index (χ4n) is 4.73. The minimum Gasteiger partial charge on any atom is -0.476 e. The topological polar surface area (TPSA) is 115 Å².